The summed E-state index contributed by atoms with van der Waals surface area (Å²) in [6.45, 7) is 7.76. The molecule has 98 valence electrons. The average molecular weight is 248 g/mol. The van der Waals surface area contributed by atoms with Crippen LogP contribution in [0, 0.1) is 0 Å². The second-order valence-electron chi connectivity index (χ2n) is 4.39. The SMILES string of the molecule is C=C[C@@H](c1ccc(OC)cc1O)N1CCNCC1. The number of phenolic OH excluding ortho intramolecular Hbond substituents is 1. The van der Waals surface area contributed by atoms with Crippen molar-refractivity contribution in [1.29, 1.82) is 0 Å². The van der Waals surface area contributed by atoms with E-state index in [1.165, 1.54) is 0 Å². The summed E-state index contributed by atoms with van der Waals surface area (Å²) in [5, 5.41) is 13.4. The highest BCUT2D eigenvalue weighted by Crippen LogP contribution is 2.32. The molecule has 1 atom stereocenters. The summed E-state index contributed by atoms with van der Waals surface area (Å²) < 4.78 is 5.10. The molecule has 1 heterocycles. The lowest BCUT2D eigenvalue weighted by Gasteiger charge is -2.33. The van der Waals surface area contributed by atoms with Crippen molar-refractivity contribution in [3.8, 4) is 11.5 Å². The van der Waals surface area contributed by atoms with E-state index in [0.717, 1.165) is 31.7 Å². The van der Waals surface area contributed by atoms with Crippen LogP contribution in [0.4, 0.5) is 0 Å². The molecule has 1 aromatic rings. The van der Waals surface area contributed by atoms with Gasteiger partial charge in [0.1, 0.15) is 11.5 Å². The van der Waals surface area contributed by atoms with Crippen LogP contribution in [-0.4, -0.2) is 43.3 Å². The maximum absolute atomic E-state index is 10.1. The van der Waals surface area contributed by atoms with Crippen molar-refractivity contribution in [3.63, 3.8) is 0 Å². The Kier molecular flexibility index (Phi) is 4.23. The van der Waals surface area contributed by atoms with Gasteiger partial charge in [-0.15, -0.1) is 6.58 Å². The Morgan fingerprint density at radius 3 is 2.72 bits per heavy atom. The lowest BCUT2D eigenvalue weighted by atomic mass is 10.0. The first-order valence-electron chi connectivity index (χ1n) is 6.20. The van der Waals surface area contributed by atoms with E-state index in [1.807, 2.05) is 18.2 Å². The molecule has 1 aromatic carbocycles. The zero-order chi connectivity index (χ0) is 13.0. The van der Waals surface area contributed by atoms with Gasteiger partial charge in [0.15, 0.2) is 0 Å². The Balaban J connectivity index is 2.23. The molecule has 4 heteroatoms. The molecule has 0 bridgehead atoms. The number of hydrogen-bond donors (Lipinski definition) is 2. The minimum atomic E-state index is 0.0537. The number of ether oxygens (including phenoxy) is 1. The van der Waals surface area contributed by atoms with Crippen molar-refractivity contribution in [3.05, 3.63) is 36.4 Å². The molecule has 1 aliphatic rings. The van der Waals surface area contributed by atoms with Gasteiger partial charge in [0.25, 0.3) is 0 Å². The predicted octanol–water partition coefficient (Wildman–Crippen LogP) is 1.53. The maximum atomic E-state index is 10.1. The Morgan fingerprint density at radius 2 is 2.17 bits per heavy atom. The number of piperazine rings is 1. The highest BCUT2D eigenvalue weighted by molar-refractivity contribution is 5.42. The molecule has 1 saturated heterocycles. The van der Waals surface area contributed by atoms with Crippen LogP contribution >= 0.6 is 0 Å². The van der Waals surface area contributed by atoms with Gasteiger partial charge in [0.2, 0.25) is 0 Å². The van der Waals surface area contributed by atoms with Crippen molar-refractivity contribution in [2.24, 2.45) is 0 Å². The number of methoxy groups -OCH3 is 1. The van der Waals surface area contributed by atoms with Crippen LogP contribution in [-0.2, 0) is 0 Å². The number of phenols is 1. The zero-order valence-corrected chi connectivity index (χ0v) is 10.7. The normalized spacial score (nSPS) is 18.3. The molecule has 0 radical (unpaired) electrons. The maximum Gasteiger partial charge on any atom is 0.124 e. The molecule has 1 aliphatic heterocycles. The van der Waals surface area contributed by atoms with Crippen molar-refractivity contribution >= 4 is 0 Å². The first-order chi connectivity index (χ1) is 8.76. The molecular formula is C14H20N2O2. The van der Waals surface area contributed by atoms with Crippen molar-refractivity contribution in [2.45, 2.75) is 6.04 Å². The lowest BCUT2D eigenvalue weighted by molar-refractivity contribution is 0.201. The second-order valence-corrected chi connectivity index (χ2v) is 4.39. The van der Waals surface area contributed by atoms with E-state index in [-0.39, 0.29) is 11.8 Å². The Labute approximate surface area is 108 Å². The van der Waals surface area contributed by atoms with E-state index in [4.69, 9.17) is 4.74 Å². The minimum Gasteiger partial charge on any atom is -0.507 e. The Morgan fingerprint density at radius 1 is 1.44 bits per heavy atom. The summed E-state index contributed by atoms with van der Waals surface area (Å²) in [4.78, 5) is 2.31. The fourth-order valence-corrected chi connectivity index (χ4v) is 2.33. The molecule has 0 aliphatic carbocycles. The summed E-state index contributed by atoms with van der Waals surface area (Å²) in [5.74, 6) is 0.928. The summed E-state index contributed by atoms with van der Waals surface area (Å²) in [6, 6.07) is 5.47. The molecule has 0 aromatic heterocycles. The molecule has 2 N–H and O–H groups in total. The molecular weight excluding hydrogens is 228 g/mol. The molecule has 18 heavy (non-hydrogen) atoms. The number of nitrogens with zero attached hydrogens (tertiary/aromatic N) is 1. The van der Waals surface area contributed by atoms with Gasteiger partial charge in [-0.2, -0.15) is 0 Å². The van der Waals surface area contributed by atoms with Crippen LogP contribution in [0.2, 0.25) is 0 Å². The van der Waals surface area contributed by atoms with Gasteiger partial charge in [-0.1, -0.05) is 6.08 Å². The van der Waals surface area contributed by atoms with Gasteiger partial charge in [0.05, 0.1) is 13.2 Å². The van der Waals surface area contributed by atoms with Crippen LogP contribution in [0.5, 0.6) is 11.5 Å². The van der Waals surface area contributed by atoms with E-state index in [9.17, 15) is 5.11 Å². The van der Waals surface area contributed by atoms with E-state index < -0.39 is 0 Å². The van der Waals surface area contributed by atoms with E-state index in [1.54, 1.807) is 13.2 Å². The van der Waals surface area contributed by atoms with Crippen molar-refractivity contribution in [2.75, 3.05) is 33.3 Å². The Hall–Kier alpha value is -1.52. The Bertz CT molecular complexity index is 414. The van der Waals surface area contributed by atoms with E-state index in [2.05, 4.69) is 16.8 Å². The molecule has 4 nitrogen and oxygen atoms in total. The third-order valence-electron chi connectivity index (χ3n) is 3.32. The van der Waals surface area contributed by atoms with Gasteiger partial charge in [-0.25, -0.2) is 0 Å². The molecule has 0 unspecified atom stereocenters. The average Bonchev–Trinajstić information content (AvgIpc) is 2.42. The largest absolute Gasteiger partial charge is 0.507 e. The number of benzene rings is 1. The standard InChI is InChI=1S/C14H20N2O2/c1-3-13(16-8-6-15-7-9-16)12-5-4-11(18-2)10-14(12)17/h3-5,10,13,15,17H,1,6-9H2,2H3/t13-/m0/s1. The highest BCUT2D eigenvalue weighted by atomic mass is 16.5. The van der Waals surface area contributed by atoms with Crippen LogP contribution in [0.25, 0.3) is 0 Å². The van der Waals surface area contributed by atoms with Crippen LogP contribution in [0.3, 0.4) is 0 Å². The van der Waals surface area contributed by atoms with E-state index >= 15 is 0 Å². The van der Waals surface area contributed by atoms with Crippen molar-refractivity contribution in [1.82, 2.24) is 10.2 Å². The molecule has 2 rings (SSSR count). The van der Waals surface area contributed by atoms with Crippen LogP contribution in [0.15, 0.2) is 30.9 Å². The summed E-state index contributed by atoms with van der Waals surface area (Å²) in [5.41, 5.74) is 0.882. The number of nitrogens with one attached hydrogen (secondary N) is 1. The van der Waals surface area contributed by atoms with Crippen molar-refractivity contribution < 1.29 is 9.84 Å². The predicted molar refractivity (Wildman–Crippen MR) is 72.0 cm³/mol. The molecule has 0 spiro atoms. The topological polar surface area (TPSA) is 44.7 Å². The van der Waals surface area contributed by atoms with Gasteiger partial charge in [-0.3, -0.25) is 4.90 Å². The van der Waals surface area contributed by atoms with Crippen LogP contribution in [0.1, 0.15) is 11.6 Å². The van der Waals surface area contributed by atoms with Gasteiger partial charge < -0.3 is 15.2 Å². The van der Waals surface area contributed by atoms with Gasteiger partial charge in [0, 0.05) is 37.8 Å². The first kappa shape index (κ1) is 12.9. The van der Waals surface area contributed by atoms with E-state index in [0.29, 0.717) is 5.75 Å². The number of rotatable bonds is 4. The van der Waals surface area contributed by atoms with Gasteiger partial charge in [-0.05, 0) is 12.1 Å². The molecule has 1 fully saturated rings. The van der Waals surface area contributed by atoms with Gasteiger partial charge >= 0.3 is 0 Å². The summed E-state index contributed by atoms with van der Waals surface area (Å²) >= 11 is 0. The zero-order valence-electron chi connectivity index (χ0n) is 10.7. The number of hydrogen-bond acceptors (Lipinski definition) is 4. The molecule has 0 saturated carbocycles. The monoisotopic (exact) mass is 248 g/mol. The molecule has 0 amide bonds. The quantitative estimate of drug-likeness (QED) is 0.793. The fraction of sp³-hybridized carbons (Fsp3) is 0.429. The van der Waals surface area contributed by atoms with Crippen LogP contribution < -0.4 is 10.1 Å². The second kappa shape index (κ2) is 5.89. The smallest absolute Gasteiger partial charge is 0.124 e. The summed E-state index contributed by atoms with van der Waals surface area (Å²) in [7, 11) is 1.59. The summed E-state index contributed by atoms with van der Waals surface area (Å²) in [6.07, 6.45) is 1.88. The third-order valence-corrected chi connectivity index (χ3v) is 3.32. The highest BCUT2D eigenvalue weighted by Gasteiger charge is 2.21. The minimum absolute atomic E-state index is 0.0537. The first-order valence-corrected chi connectivity index (χ1v) is 6.20. The third kappa shape index (κ3) is 2.66. The lowest BCUT2D eigenvalue weighted by Crippen LogP contribution is -2.44. The fourth-order valence-electron chi connectivity index (χ4n) is 2.33. The number of aromatic hydroxyl groups is 1.